The number of hydrogen-bond acceptors (Lipinski definition) is 3. The average molecular weight is 199 g/mol. The molecule has 1 rings (SSSR count). The number of nitrogens with zero attached hydrogens (tertiary/aromatic N) is 1. The van der Waals surface area contributed by atoms with Gasteiger partial charge in [0.1, 0.15) is 0 Å². The fraction of sp³-hybridized carbons (Fsp3) is 1.00. The molecule has 0 amide bonds. The minimum Gasteiger partial charge on any atom is -0.318 e. The maximum absolute atomic E-state index is 3.45. The summed E-state index contributed by atoms with van der Waals surface area (Å²) in [6.45, 7) is 7.15. The molecule has 84 valence electrons. The number of likely N-dealkylation sites (N-methyl/N-ethyl adjacent to an activating group) is 1. The third-order valence-corrected chi connectivity index (χ3v) is 2.86. The van der Waals surface area contributed by atoms with Gasteiger partial charge in [-0.3, -0.25) is 0 Å². The highest BCUT2D eigenvalue weighted by atomic mass is 15.1. The molecular formula is C11H25N3. The lowest BCUT2D eigenvalue weighted by molar-refractivity contribution is 0.284. The van der Waals surface area contributed by atoms with Crippen LogP contribution in [-0.2, 0) is 0 Å². The smallest absolute Gasteiger partial charge is 0.0107 e. The minimum atomic E-state index is 1.07. The Hall–Kier alpha value is -0.120. The number of nitrogens with one attached hydrogen (secondary N) is 2. The molecule has 1 aliphatic heterocycles. The lowest BCUT2D eigenvalue weighted by atomic mass is 10.2. The molecule has 1 heterocycles. The van der Waals surface area contributed by atoms with Crippen molar-refractivity contribution in [3.63, 3.8) is 0 Å². The summed E-state index contributed by atoms with van der Waals surface area (Å²) in [6, 6.07) is 0. The molecule has 0 aromatic rings. The normalized spacial score (nSPS) is 19.5. The molecule has 0 bridgehead atoms. The van der Waals surface area contributed by atoms with Crippen molar-refractivity contribution in [2.24, 2.45) is 0 Å². The topological polar surface area (TPSA) is 27.3 Å². The van der Waals surface area contributed by atoms with Crippen LogP contribution in [0, 0.1) is 0 Å². The van der Waals surface area contributed by atoms with E-state index in [4.69, 9.17) is 0 Å². The van der Waals surface area contributed by atoms with Crippen LogP contribution < -0.4 is 10.6 Å². The van der Waals surface area contributed by atoms with Crippen LogP contribution in [0.15, 0.2) is 0 Å². The van der Waals surface area contributed by atoms with E-state index in [-0.39, 0.29) is 0 Å². The van der Waals surface area contributed by atoms with Crippen LogP contribution in [0.3, 0.4) is 0 Å². The highest BCUT2D eigenvalue weighted by Gasteiger charge is 2.07. The van der Waals surface area contributed by atoms with E-state index < -0.39 is 0 Å². The summed E-state index contributed by atoms with van der Waals surface area (Å²) in [5.41, 5.74) is 0. The van der Waals surface area contributed by atoms with Gasteiger partial charge in [-0.25, -0.2) is 0 Å². The number of hydrogen-bond donors (Lipinski definition) is 2. The largest absolute Gasteiger partial charge is 0.318 e. The SMILES string of the molecule is CNCCNCCN1CCCCCC1. The van der Waals surface area contributed by atoms with Gasteiger partial charge in [-0.05, 0) is 33.0 Å². The van der Waals surface area contributed by atoms with Crippen LogP contribution >= 0.6 is 0 Å². The highest BCUT2D eigenvalue weighted by Crippen LogP contribution is 2.08. The second-order valence-corrected chi connectivity index (χ2v) is 4.11. The van der Waals surface area contributed by atoms with Crippen LogP contribution in [0.1, 0.15) is 25.7 Å². The molecule has 3 nitrogen and oxygen atoms in total. The summed E-state index contributed by atoms with van der Waals surface area (Å²) >= 11 is 0. The van der Waals surface area contributed by atoms with Gasteiger partial charge in [-0.15, -0.1) is 0 Å². The molecule has 0 unspecified atom stereocenters. The molecule has 0 saturated carbocycles. The van der Waals surface area contributed by atoms with Gasteiger partial charge in [0, 0.05) is 26.2 Å². The van der Waals surface area contributed by atoms with Crippen LogP contribution in [-0.4, -0.2) is 51.2 Å². The maximum Gasteiger partial charge on any atom is 0.0107 e. The predicted molar refractivity (Wildman–Crippen MR) is 61.7 cm³/mol. The third-order valence-electron chi connectivity index (χ3n) is 2.86. The monoisotopic (exact) mass is 199 g/mol. The van der Waals surface area contributed by atoms with Crippen molar-refractivity contribution in [3.05, 3.63) is 0 Å². The molecule has 3 heteroatoms. The fourth-order valence-electron chi connectivity index (χ4n) is 1.94. The van der Waals surface area contributed by atoms with Gasteiger partial charge >= 0.3 is 0 Å². The van der Waals surface area contributed by atoms with E-state index in [0.29, 0.717) is 0 Å². The van der Waals surface area contributed by atoms with Crippen LogP contribution in [0.4, 0.5) is 0 Å². The Labute approximate surface area is 88.2 Å². The zero-order chi connectivity index (χ0) is 10.1. The predicted octanol–water partition coefficient (Wildman–Crippen LogP) is 0.671. The summed E-state index contributed by atoms with van der Waals surface area (Å²) < 4.78 is 0. The molecule has 0 aromatic heterocycles. The Kier molecular flexibility index (Phi) is 7.01. The Morgan fingerprint density at radius 1 is 0.929 bits per heavy atom. The molecule has 0 aromatic carbocycles. The van der Waals surface area contributed by atoms with Crippen molar-refractivity contribution in [3.8, 4) is 0 Å². The quantitative estimate of drug-likeness (QED) is 0.616. The summed E-state index contributed by atoms with van der Waals surface area (Å²) in [5.74, 6) is 0. The van der Waals surface area contributed by atoms with E-state index in [0.717, 1.165) is 19.6 Å². The summed E-state index contributed by atoms with van der Waals surface area (Å²) in [6.07, 6.45) is 5.67. The summed E-state index contributed by atoms with van der Waals surface area (Å²) in [7, 11) is 2.00. The molecule has 14 heavy (non-hydrogen) atoms. The molecular weight excluding hydrogens is 174 g/mol. The molecule has 1 aliphatic rings. The first kappa shape index (κ1) is 12.0. The second kappa shape index (κ2) is 8.21. The van der Waals surface area contributed by atoms with Gasteiger partial charge in [0.05, 0.1) is 0 Å². The van der Waals surface area contributed by atoms with Gasteiger partial charge in [0.2, 0.25) is 0 Å². The van der Waals surface area contributed by atoms with Crippen LogP contribution in [0.2, 0.25) is 0 Å². The van der Waals surface area contributed by atoms with E-state index in [1.54, 1.807) is 0 Å². The van der Waals surface area contributed by atoms with E-state index in [9.17, 15) is 0 Å². The van der Waals surface area contributed by atoms with Gasteiger partial charge in [0.25, 0.3) is 0 Å². The van der Waals surface area contributed by atoms with Gasteiger partial charge < -0.3 is 15.5 Å². The molecule has 2 N–H and O–H groups in total. The van der Waals surface area contributed by atoms with E-state index >= 15 is 0 Å². The van der Waals surface area contributed by atoms with Crippen molar-refractivity contribution in [2.75, 3.05) is 46.3 Å². The number of likely N-dealkylation sites (tertiary alicyclic amines) is 1. The molecule has 0 aliphatic carbocycles. The molecule has 1 fully saturated rings. The Balaban J connectivity index is 1.93. The average Bonchev–Trinajstić information content (AvgIpc) is 2.46. The van der Waals surface area contributed by atoms with Crippen molar-refractivity contribution < 1.29 is 0 Å². The van der Waals surface area contributed by atoms with Gasteiger partial charge in [0.15, 0.2) is 0 Å². The van der Waals surface area contributed by atoms with Crippen molar-refractivity contribution in [2.45, 2.75) is 25.7 Å². The fourth-order valence-corrected chi connectivity index (χ4v) is 1.94. The maximum atomic E-state index is 3.45. The third kappa shape index (κ3) is 5.58. The zero-order valence-electron chi connectivity index (χ0n) is 9.52. The van der Waals surface area contributed by atoms with Gasteiger partial charge in [-0.2, -0.15) is 0 Å². The van der Waals surface area contributed by atoms with Crippen molar-refractivity contribution >= 4 is 0 Å². The lowest BCUT2D eigenvalue weighted by Crippen LogP contribution is -2.35. The summed E-state index contributed by atoms with van der Waals surface area (Å²) in [5, 5.41) is 6.59. The minimum absolute atomic E-state index is 1.07. The van der Waals surface area contributed by atoms with E-state index in [1.807, 2.05) is 7.05 Å². The Morgan fingerprint density at radius 3 is 2.29 bits per heavy atom. The van der Waals surface area contributed by atoms with Crippen LogP contribution in [0.25, 0.3) is 0 Å². The number of rotatable bonds is 6. The first-order chi connectivity index (χ1) is 6.93. The molecule has 0 spiro atoms. The van der Waals surface area contributed by atoms with Crippen molar-refractivity contribution in [1.82, 2.24) is 15.5 Å². The highest BCUT2D eigenvalue weighted by molar-refractivity contribution is 4.64. The standard InChI is InChI=1S/C11H25N3/c1-12-6-7-13-8-11-14-9-4-2-3-5-10-14/h12-13H,2-11H2,1H3. The molecule has 0 radical (unpaired) electrons. The van der Waals surface area contributed by atoms with E-state index in [1.165, 1.54) is 45.3 Å². The van der Waals surface area contributed by atoms with Gasteiger partial charge in [-0.1, -0.05) is 12.8 Å². The zero-order valence-corrected chi connectivity index (χ0v) is 9.52. The first-order valence-corrected chi connectivity index (χ1v) is 6.01. The summed E-state index contributed by atoms with van der Waals surface area (Å²) in [4.78, 5) is 2.60. The second-order valence-electron chi connectivity index (χ2n) is 4.11. The lowest BCUT2D eigenvalue weighted by Gasteiger charge is -2.19. The molecule has 1 saturated heterocycles. The first-order valence-electron chi connectivity index (χ1n) is 6.01. The molecule has 0 atom stereocenters. The van der Waals surface area contributed by atoms with Crippen molar-refractivity contribution in [1.29, 1.82) is 0 Å². The Bertz CT molecular complexity index is 120. The Morgan fingerprint density at radius 2 is 1.64 bits per heavy atom. The van der Waals surface area contributed by atoms with E-state index in [2.05, 4.69) is 15.5 Å². The van der Waals surface area contributed by atoms with Crippen LogP contribution in [0.5, 0.6) is 0 Å².